The van der Waals surface area contributed by atoms with Crippen molar-refractivity contribution in [3.63, 3.8) is 0 Å². The normalized spacial score (nSPS) is 18.4. The van der Waals surface area contributed by atoms with Crippen LogP contribution >= 0.6 is 0 Å². The summed E-state index contributed by atoms with van der Waals surface area (Å²) in [5.41, 5.74) is 7.13. The molecule has 0 aromatic carbocycles. The summed E-state index contributed by atoms with van der Waals surface area (Å²) in [6.45, 7) is 1.97. The Morgan fingerprint density at radius 2 is 2.26 bits per heavy atom. The zero-order valence-corrected chi connectivity index (χ0v) is 10.7. The lowest BCUT2D eigenvalue weighted by molar-refractivity contribution is 0.0959. The molecule has 19 heavy (non-hydrogen) atoms. The van der Waals surface area contributed by atoms with Crippen LogP contribution in [0.25, 0.3) is 0 Å². The second kappa shape index (κ2) is 4.50. The maximum absolute atomic E-state index is 12.2. The van der Waals surface area contributed by atoms with E-state index in [4.69, 9.17) is 10.2 Å². The Balaban J connectivity index is 2.03. The van der Waals surface area contributed by atoms with Gasteiger partial charge in [-0.15, -0.1) is 0 Å². The number of ketones is 1. The number of Topliss-reactive ketones (excluding diaryl/α,β-unsaturated/α-hetero) is 1. The van der Waals surface area contributed by atoms with E-state index in [1.807, 2.05) is 19.1 Å². The number of nitrogens with two attached hydrogens (primary N) is 1. The molecule has 2 aromatic rings. The van der Waals surface area contributed by atoms with Crippen molar-refractivity contribution in [2.45, 2.75) is 32.1 Å². The van der Waals surface area contributed by atoms with Crippen molar-refractivity contribution in [2.24, 2.45) is 0 Å². The van der Waals surface area contributed by atoms with Crippen LogP contribution in [0.5, 0.6) is 0 Å². The minimum atomic E-state index is 0.00260. The Labute approximate surface area is 110 Å². The van der Waals surface area contributed by atoms with Crippen LogP contribution in [-0.4, -0.2) is 15.8 Å². The van der Waals surface area contributed by atoms with Gasteiger partial charge in [-0.1, -0.05) is 6.92 Å². The molecule has 2 heterocycles. The van der Waals surface area contributed by atoms with E-state index >= 15 is 0 Å². The minimum Gasteiger partial charge on any atom is -0.469 e. The van der Waals surface area contributed by atoms with Gasteiger partial charge in [-0.05, 0) is 12.1 Å². The fraction of sp³-hybridized carbons (Fsp3) is 0.357. The summed E-state index contributed by atoms with van der Waals surface area (Å²) in [4.78, 5) is 20.8. The number of nitrogens with zero attached hydrogens (tertiary/aromatic N) is 2. The van der Waals surface area contributed by atoms with E-state index in [2.05, 4.69) is 9.97 Å². The van der Waals surface area contributed by atoms with Crippen LogP contribution < -0.4 is 5.73 Å². The van der Waals surface area contributed by atoms with Gasteiger partial charge in [-0.3, -0.25) is 4.79 Å². The molecule has 0 radical (unpaired) electrons. The van der Waals surface area contributed by atoms with E-state index in [0.29, 0.717) is 36.5 Å². The summed E-state index contributed by atoms with van der Waals surface area (Å²) in [5.74, 6) is 1.87. The summed E-state index contributed by atoms with van der Waals surface area (Å²) >= 11 is 0. The molecule has 1 aliphatic rings. The molecule has 98 valence electrons. The van der Waals surface area contributed by atoms with Gasteiger partial charge in [-0.2, -0.15) is 0 Å². The van der Waals surface area contributed by atoms with Gasteiger partial charge in [0, 0.05) is 25.2 Å². The Hall–Kier alpha value is -2.17. The van der Waals surface area contributed by atoms with Crippen LogP contribution in [0.2, 0.25) is 0 Å². The minimum absolute atomic E-state index is 0.00260. The van der Waals surface area contributed by atoms with E-state index in [1.165, 1.54) is 0 Å². The highest BCUT2D eigenvalue weighted by Crippen LogP contribution is 2.33. The van der Waals surface area contributed by atoms with E-state index in [1.54, 1.807) is 6.26 Å². The van der Waals surface area contributed by atoms with Crippen molar-refractivity contribution >= 4 is 11.6 Å². The molecule has 0 bridgehead atoms. The Kier molecular flexibility index (Phi) is 2.81. The zero-order valence-electron chi connectivity index (χ0n) is 10.7. The molecule has 3 rings (SSSR count). The highest BCUT2D eigenvalue weighted by molar-refractivity contribution is 6.02. The third-order valence-corrected chi connectivity index (χ3v) is 3.47. The van der Waals surface area contributed by atoms with Crippen molar-refractivity contribution in [1.82, 2.24) is 9.97 Å². The molecular formula is C14H15N3O2. The van der Waals surface area contributed by atoms with Crippen molar-refractivity contribution in [3.05, 3.63) is 41.2 Å². The largest absolute Gasteiger partial charge is 0.469 e. The molecule has 2 N–H and O–H groups in total. The number of hydrogen-bond donors (Lipinski definition) is 1. The standard InChI is InChI=1S/C14H15N3O2/c1-2-12-16-9-6-8(11-4-3-5-19-11)7-10(18)13(9)14(15)17-12/h3-5,8H,2,6-7H2,1H3,(H2,15,16,17)/t8-/m1/s1. The molecule has 0 spiro atoms. The number of anilines is 1. The van der Waals surface area contributed by atoms with Gasteiger partial charge in [0.15, 0.2) is 5.78 Å². The third kappa shape index (κ3) is 2.01. The Morgan fingerprint density at radius 1 is 1.42 bits per heavy atom. The Bertz CT molecular complexity index is 620. The van der Waals surface area contributed by atoms with Gasteiger partial charge in [0.2, 0.25) is 0 Å². The van der Waals surface area contributed by atoms with Crippen molar-refractivity contribution in [3.8, 4) is 0 Å². The highest BCUT2D eigenvalue weighted by atomic mass is 16.3. The summed E-state index contributed by atoms with van der Waals surface area (Å²) in [6.07, 6.45) is 3.41. The first-order valence-corrected chi connectivity index (χ1v) is 6.41. The maximum Gasteiger partial charge on any atom is 0.169 e. The molecule has 0 aliphatic heterocycles. The first-order valence-electron chi connectivity index (χ1n) is 6.41. The number of furan rings is 1. The smallest absolute Gasteiger partial charge is 0.169 e. The van der Waals surface area contributed by atoms with Crippen LogP contribution in [0.15, 0.2) is 22.8 Å². The number of carbonyl (C=O) groups is 1. The number of nitrogen functional groups attached to an aromatic ring is 1. The van der Waals surface area contributed by atoms with Gasteiger partial charge in [0.1, 0.15) is 17.4 Å². The molecule has 0 saturated heterocycles. The number of aromatic nitrogens is 2. The van der Waals surface area contributed by atoms with E-state index in [9.17, 15) is 4.79 Å². The number of rotatable bonds is 2. The molecule has 0 fully saturated rings. The SMILES string of the molecule is CCc1nc(N)c2c(n1)C[C@@H](c1ccco1)CC2=O. The molecule has 0 unspecified atom stereocenters. The van der Waals surface area contributed by atoms with Crippen LogP contribution in [0, 0.1) is 0 Å². The average Bonchev–Trinajstić information content (AvgIpc) is 2.91. The second-order valence-electron chi connectivity index (χ2n) is 4.74. The van der Waals surface area contributed by atoms with Crippen LogP contribution in [-0.2, 0) is 12.8 Å². The van der Waals surface area contributed by atoms with E-state index < -0.39 is 0 Å². The molecule has 2 aromatic heterocycles. The van der Waals surface area contributed by atoms with Gasteiger partial charge in [0.05, 0.1) is 17.5 Å². The number of fused-ring (bicyclic) bond motifs is 1. The lowest BCUT2D eigenvalue weighted by Crippen LogP contribution is -2.23. The van der Waals surface area contributed by atoms with Crippen LogP contribution in [0.4, 0.5) is 5.82 Å². The quantitative estimate of drug-likeness (QED) is 0.891. The van der Waals surface area contributed by atoms with E-state index in [0.717, 1.165) is 11.5 Å². The third-order valence-electron chi connectivity index (χ3n) is 3.47. The molecule has 0 amide bonds. The lowest BCUT2D eigenvalue weighted by atomic mass is 9.84. The average molecular weight is 257 g/mol. The van der Waals surface area contributed by atoms with Crippen molar-refractivity contribution < 1.29 is 9.21 Å². The predicted molar refractivity (Wildman–Crippen MR) is 69.9 cm³/mol. The van der Waals surface area contributed by atoms with Gasteiger partial charge in [-0.25, -0.2) is 9.97 Å². The summed E-state index contributed by atoms with van der Waals surface area (Å²) in [5, 5.41) is 0. The van der Waals surface area contributed by atoms with Crippen molar-refractivity contribution in [1.29, 1.82) is 0 Å². The van der Waals surface area contributed by atoms with Gasteiger partial charge < -0.3 is 10.2 Å². The van der Waals surface area contributed by atoms with Gasteiger partial charge in [0.25, 0.3) is 0 Å². The topological polar surface area (TPSA) is 82.0 Å². The lowest BCUT2D eigenvalue weighted by Gasteiger charge is -2.22. The summed E-state index contributed by atoms with van der Waals surface area (Å²) in [6, 6.07) is 3.73. The molecule has 5 heteroatoms. The maximum atomic E-state index is 12.2. The monoisotopic (exact) mass is 257 g/mol. The van der Waals surface area contributed by atoms with Crippen LogP contribution in [0.1, 0.15) is 46.9 Å². The number of hydrogen-bond acceptors (Lipinski definition) is 5. The fourth-order valence-electron chi connectivity index (χ4n) is 2.55. The number of aryl methyl sites for hydroxylation is 1. The molecule has 1 atom stereocenters. The second-order valence-corrected chi connectivity index (χ2v) is 4.74. The fourth-order valence-corrected chi connectivity index (χ4v) is 2.55. The zero-order chi connectivity index (χ0) is 13.4. The van der Waals surface area contributed by atoms with Crippen molar-refractivity contribution in [2.75, 3.05) is 5.73 Å². The highest BCUT2D eigenvalue weighted by Gasteiger charge is 2.31. The van der Waals surface area contributed by atoms with Gasteiger partial charge >= 0.3 is 0 Å². The first-order chi connectivity index (χ1) is 9.19. The molecule has 5 nitrogen and oxygen atoms in total. The molecule has 1 aliphatic carbocycles. The number of carbonyl (C=O) groups excluding carboxylic acids is 1. The predicted octanol–water partition coefficient (Wildman–Crippen LogP) is 2.13. The molecular weight excluding hydrogens is 242 g/mol. The Morgan fingerprint density at radius 3 is 2.95 bits per heavy atom. The summed E-state index contributed by atoms with van der Waals surface area (Å²) in [7, 11) is 0. The van der Waals surface area contributed by atoms with E-state index in [-0.39, 0.29) is 11.7 Å². The summed E-state index contributed by atoms with van der Waals surface area (Å²) < 4.78 is 5.40. The van der Waals surface area contributed by atoms with Crippen LogP contribution in [0.3, 0.4) is 0 Å². The molecule has 0 saturated carbocycles. The first kappa shape index (κ1) is 11.9.